The molecule has 26 heavy (non-hydrogen) atoms. The van der Waals surface area contributed by atoms with Gasteiger partial charge in [-0.2, -0.15) is 0 Å². The molecule has 0 N–H and O–H groups in total. The van der Waals surface area contributed by atoms with Crippen LogP contribution in [0.4, 0.5) is 4.39 Å². The molecule has 0 fully saturated rings. The number of amides is 1. The van der Waals surface area contributed by atoms with E-state index in [9.17, 15) is 14.0 Å². The van der Waals surface area contributed by atoms with Crippen LogP contribution in [0.15, 0.2) is 42.5 Å². The maximum atomic E-state index is 13.1. The Morgan fingerprint density at radius 3 is 2.31 bits per heavy atom. The summed E-state index contributed by atoms with van der Waals surface area (Å²) in [5.74, 6) is -1.34. The Balaban J connectivity index is 2.28. The molecule has 0 aliphatic heterocycles. The Bertz CT molecular complexity index is 786. The predicted octanol–water partition coefficient (Wildman–Crippen LogP) is 3.89. The van der Waals surface area contributed by atoms with Gasteiger partial charge in [0.2, 0.25) is 0 Å². The van der Waals surface area contributed by atoms with Gasteiger partial charge < -0.3 is 9.64 Å². The van der Waals surface area contributed by atoms with Gasteiger partial charge >= 0.3 is 5.97 Å². The van der Waals surface area contributed by atoms with Crippen LogP contribution in [0, 0.1) is 25.6 Å². The number of aryl methyl sites for hydroxylation is 2. The Hall–Kier alpha value is -2.69. The van der Waals surface area contributed by atoms with Crippen LogP contribution in [-0.4, -0.2) is 30.4 Å². The minimum absolute atomic E-state index is 0.173. The predicted molar refractivity (Wildman–Crippen MR) is 98.2 cm³/mol. The zero-order valence-corrected chi connectivity index (χ0v) is 15.6. The zero-order chi connectivity index (χ0) is 19.3. The highest BCUT2D eigenvalue weighted by Crippen LogP contribution is 2.16. The van der Waals surface area contributed by atoms with Crippen LogP contribution in [0.5, 0.6) is 0 Å². The summed E-state index contributed by atoms with van der Waals surface area (Å²) in [6.45, 7) is 6.16. The molecule has 0 spiro atoms. The van der Waals surface area contributed by atoms with Gasteiger partial charge in [0.15, 0.2) is 0 Å². The van der Waals surface area contributed by atoms with E-state index in [0.29, 0.717) is 5.56 Å². The summed E-state index contributed by atoms with van der Waals surface area (Å²) < 4.78 is 17.9. The third-order valence-electron chi connectivity index (χ3n) is 4.43. The summed E-state index contributed by atoms with van der Waals surface area (Å²) in [5.41, 5.74) is 3.49. The van der Waals surface area contributed by atoms with E-state index in [-0.39, 0.29) is 30.8 Å². The van der Waals surface area contributed by atoms with E-state index in [1.165, 1.54) is 19.2 Å². The first kappa shape index (κ1) is 19.6. The standard InChI is InChI=1S/C21H24FNO3/c1-14-5-8-18(11-15(14)2)20(24)23(12-16(3)21(25)26-4)13-17-6-9-19(22)10-7-17/h5-11,16H,12-13H2,1-4H3. The summed E-state index contributed by atoms with van der Waals surface area (Å²) in [5, 5.41) is 0. The van der Waals surface area contributed by atoms with Crippen molar-refractivity contribution in [2.24, 2.45) is 5.92 Å². The van der Waals surface area contributed by atoms with Crippen molar-refractivity contribution < 1.29 is 18.7 Å². The fourth-order valence-corrected chi connectivity index (χ4v) is 2.69. The average molecular weight is 357 g/mol. The molecule has 0 bridgehead atoms. The SMILES string of the molecule is COC(=O)C(C)CN(Cc1ccc(F)cc1)C(=O)c1ccc(C)c(C)c1. The van der Waals surface area contributed by atoms with Gasteiger partial charge in [-0.15, -0.1) is 0 Å². The van der Waals surface area contributed by atoms with E-state index in [2.05, 4.69) is 0 Å². The van der Waals surface area contributed by atoms with Crippen molar-refractivity contribution >= 4 is 11.9 Å². The van der Waals surface area contributed by atoms with Crippen molar-refractivity contribution in [2.75, 3.05) is 13.7 Å². The molecular formula is C21H24FNO3. The summed E-state index contributed by atoms with van der Waals surface area (Å²) in [7, 11) is 1.33. The van der Waals surface area contributed by atoms with Gasteiger partial charge in [-0.25, -0.2) is 4.39 Å². The van der Waals surface area contributed by atoms with Crippen LogP contribution in [-0.2, 0) is 16.1 Å². The number of halogens is 1. The first-order valence-electron chi connectivity index (χ1n) is 8.50. The Morgan fingerprint density at radius 1 is 1.08 bits per heavy atom. The molecule has 2 rings (SSSR count). The van der Waals surface area contributed by atoms with E-state index in [4.69, 9.17) is 4.74 Å². The number of esters is 1. The number of hydrogen-bond donors (Lipinski definition) is 0. The largest absolute Gasteiger partial charge is 0.469 e. The summed E-state index contributed by atoms with van der Waals surface area (Å²) in [4.78, 5) is 26.4. The van der Waals surface area contributed by atoms with Gasteiger partial charge in [-0.1, -0.05) is 25.1 Å². The van der Waals surface area contributed by atoms with Crippen LogP contribution < -0.4 is 0 Å². The third kappa shape index (κ3) is 4.91. The molecule has 0 saturated carbocycles. The summed E-state index contributed by atoms with van der Waals surface area (Å²) >= 11 is 0. The molecule has 2 aromatic rings. The van der Waals surface area contributed by atoms with E-state index in [0.717, 1.165) is 16.7 Å². The number of rotatable bonds is 6. The molecule has 138 valence electrons. The molecule has 2 aromatic carbocycles. The van der Waals surface area contributed by atoms with Gasteiger partial charge in [-0.3, -0.25) is 9.59 Å². The molecule has 5 heteroatoms. The fraction of sp³-hybridized carbons (Fsp3) is 0.333. The molecule has 0 aromatic heterocycles. The second-order valence-electron chi connectivity index (χ2n) is 6.54. The lowest BCUT2D eigenvalue weighted by molar-refractivity contribution is -0.145. The second-order valence-corrected chi connectivity index (χ2v) is 6.54. The molecule has 1 unspecified atom stereocenters. The Labute approximate surface area is 153 Å². The van der Waals surface area contributed by atoms with E-state index >= 15 is 0 Å². The number of carbonyl (C=O) groups is 2. The maximum Gasteiger partial charge on any atom is 0.310 e. The van der Waals surface area contributed by atoms with Crippen molar-refractivity contribution in [1.82, 2.24) is 4.90 Å². The molecule has 1 amide bonds. The summed E-state index contributed by atoms with van der Waals surface area (Å²) in [6, 6.07) is 11.5. The average Bonchev–Trinajstić information content (AvgIpc) is 2.63. The normalized spacial score (nSPS) is 11.7. The second kappa shape index (κ2) is 8.61. The number of benzene rings is 2. The van der Waals surface area contributed by atoms with Crippen molar-refractivity contribution in [1.29, 1.82) is 0 Å². The first-order chi connectivity index (χ1) is 12.3. The number of carbonyl (C=O) groups excluding carboxylic acids is 2. The van der Waals surface area contributed by atoms with Crippen LogP contribution in [0.3, 0.4) is 0 Å². The van der Waals surface area contributed by atoms with E-state index < -0.39 is 5.92 Å². The van der Waals surface area contributed by atoms with Crippen LogP contribution in [0.2, 0.25) is 0 Å². The molecule has 0 heterocycles. The Morgan fingerprint density at radius 2 is 1.73 bits per heavy atom. The minimum Gasteiger partial charge on any atom is -0.469 e. The van der Waals surface area contributed by atoms with Gasteiger partial charge in [0, 0.05) is 18.7 Å². The van der Waals surface area contributed by atoms with Crippen molar-refractivity contribution in [3.63, 3.8) is 0 Å². The fourth-order valence-electron chi connectivity index (χ4n) is 2.69. The van der Waals surface area contributed by atoms with E-state index in [1.807, 2.05) is 26.0 Å². The first-order valence-corrected chi connectivity index (χ1v) is 8.50. The van der Waals surface area contributed by atoms with Crippen molar-refractivity contribution in [2.45, 2.75) is 27.3 Å². The van der Waals surface area contributed by atoms with Crippen molar-refractivity contribution in [3.05, 3.63) is 70.5 Å². The molecule has 4 nitrogen and oxygen atoms in total. The lowest BCUT2D eigenvalue weighted by Crippen LogP contribution is -2.37. The highest BCUT2D eigenvalue weighted by Gasteiger charge is 2.23. The topological polar surface area (TPSA) is 46.6 Å². The van der Waals surface area contributed by atoms with E-state index in [1.54, 1.807) is 30.0 Å². The van der Waals surface area contributed by atoms with Crippen molar-refractivity contribution in [3.8, 4) is 0 Å². The van der Waals surface area contributed by atoms with Gasteiger partial charge in [0.05, 0.1) is 13.0 Å². The lowest BCUT2D eigenvalue weighted by atomic mass is 10.0. The Kier molecular flexibility index (Phi) is 6.50. The molecule has 0 aliphatic rings. The highest BCUT2D eigenvalue weighted by molar-refractivity contribution is 5.94. The van der Waals surface area contributed by atoms with Crippen LogP contribution in [0.1, 0.15) is 34.0 Å². The smallest absolute Gasteiger partial charge is 0.310 e. The van der Waals surface area contributed by atoms with Gasteiger partial charge in [-0.05, 0) is 54.8 Å². The monoisotopic (exact) mass is 357 g/mol. The quantitative estimate of drug-likeness (QED) is 0.737. The number of nitrogens with zero attached hydrogens (tertiary/aromatic N) is 1. The van der Waals surface area contributed by atoms with Crippen LogP contribution in [0.25, 0.3) is 0 Å². The lowest BCUT2D eigenvalue weighted by Gasteiger charge is -2.25. The maximum absolute atomic E-state index is 13.1. The number of methoxy groups -OCH3 is 1. The highest BCUT2D eigenvalue weighted by atomic mass is 19.1. The molecule has 1 atom stereocenters. The number of ether oxygens (including phenoxy) is 1. The molecular weight excluding hydrogens is 333 g/mol. The minimum atomic E-state index is -0.462. The van der Waals surface area contributed by atoms with Gasteiger partial charge in [0.1, 0.15) is 5.82 Å². The summed E-state index contributed by atoms with van der Waals surface area (Å²) in [6.07, 6.45) is 0. The third-order valence-corrected chi connectivity index (χ3v) is 4.43. The molecule has 0 radical (unpaired) electrons. The molecule has 0 saturated heterocycles. The molecule has 0 aliphatic carbocycles. The van der Waals surface area contributed by atoms with Crippen LogP contribution >= 0.6 is 0 Å². The van der Waals surface area contributed by atoms with Gasteiger partial charge in [0.25, 0.3) is 5.91 Å². The zero-order valence-electron chi connectivity index (χ0n) is 15.6. The number of hydrogen-bond acceptors (Lipinski definition) is 3.